The Balaban J connectivity index is 3.05. The lowest BCUT2D eigenvalue weighted by molar-refractivity contribution is -0.134. The number of nitrogens with one attached hydrogen (secondary N) is 1. The van der Waals surface area contributed by atoms with Crippen molar-refractivity contribution in [3.8, 4) is 0 Å². The molecule has 0 aliphatic rings. The normalized spacial score (nSPS) is 10.9. The quantitative estimate of drug-likeness (QED) is 0.662. The van der Waals surface area contributed by atoms with E-state index < -0.39 is 5.97 Å². The molecular formula is C12H12ClNO3. The van der Waals surface area contributed by atoms with Crippen molar-refractivity contribution < 1.29 is 14.3 Å². The average molecular weight is 254 g/mol. The summed E-state index contributed by atoms with van der Waals surface area (Å²) >= 11 is 5.76. The lowest BCUT2D eigenvalue weighted by Gasteiger charge is -2.08. The Hall–Kier alpha value is -1.81. The fraction of sp³-hybridized carbons (Fsp3) is 0.167. The molecule has 0 aromatic heterocycles. The highest BCUT2D eigenvalue weighted by atomic mass is 35.5. The van der Waals surface area contributed by atoms with Gasteiger partial charge < -0.3 is 10.1 Å². The van der Waals surface area contributed by atoms with Gasteiger partial charge >= 0.3 is 5.97 Å². The number of benzene rings is 1. The summed E-state index contributed by atoms with van der Waals surface area (Å²) in [7, 11) is 1.27. The summed E-state index contributed by atoms with van der Waals surface area (Å²) in [6, 6.07) is 6.74. The first-order valence-electron chi connectivity index (χ1n) is 4.86. The van der Waals surface area contributed by atoms with Gasteiger partial charge in [0.2, 0.25) is 5.91 Å². The zero-order valence-electron chi connectivity index (χ0n) is 9.49. The first kappa shape index (κ1) is 13.3. The van der Waals surface area contributed by atoms with Crippen LogP contribution >= 0.6 is 11.6 Å². The first-order valence-corrected chi connectivity index (χ1v) is 5.24. The molecule has 1 rings (SSSR count). The third kappa shape index (κ3) is 4.28. The minimum atomic E-state index is -0.538. The topological polar surface area (TPSA) is 55.4 Å². The monoisotopic (exact) mass is 253 g/mol. The largest absolute Gasteiger partial charge is 0.466 e. The summed E-state index contributed by atoms with van der Waals surface area (Å²) in [6.07, 6.45) is 1.21. The van der Waals surface area contributed by atoms with Crippen LogP contribution in [-0.2, 0) is 14.3 Å². The Bertz CT molecular complexity index is 451. The van der Waals surface area contributed by atoms with Crippen LogP contribution in [0.1, 0.15) is 12.5 Å². The van der Waals surface area contributed by atoms with E-state index in [9.17, 15) is 9.59 Å². The lowest BCUT2D eigenvalue weighted by Crippen LogP contribution is -2.19. The number of hydrogen-bond donors (Lipinski definition) is 1. The molecule has 0 heterocycles. The fourth-order valence-corrected chi connectivity index (χ4v) is 1.31. The third-order valence-electron chi connectivity index (χ3n) is 1.93. The van der Waals surface area contributed by atoms with E-state index in [1.807, 2.05) is 0 Å². The van der Waals surface area contributed by atoms with E-state index >= 15 is 0 Å². The molecule has 0 saturated heterocycles. The Kier molecular flexibility index (Phi) is 4.72. The molecule has 0 unspecified atom stereocenters. The summed E-state index contributed by atoms with van der Waals surface area (Å²) in [5, 5.41) is 3.14. The minimum Gasteiger partial charge on any atom is -0.466 e. The second-order valence-electron chi connectivity index (χ2n) is 3.27. The number of amides is 1. The molecule has 4 nitrogen and oxygen atoms in total. The third-order valence-corrected chi connectivity index (χ3v) is 2.18. The number of rotatable bonds is 3. The van der Waals surface area contributed by atoms with Crippen LogP contribution in [0, 0.1) is 0 Å². The molecule has 0 saturated carbocycles. The van der Waals surface area contributed by atoms with Gasteiger partial charge in [-0.2, -0.15) is 0 Å². The average Bonchev–Trinajstić information content (AvgIpc) is 2.28. The van der Waals surface area contributed by atoms with Gasteiger partial charge in [-0.25, -0.2) is 4.79 Å². The maximum Gasteiger partial charge on any atom is 0.332 e. The van der Waals surface area contributed by atoms with Gasteiger partial charge in [-0.05, 0) is 17.7 Å². The number of halogens is 1. The molecule has 0 fully saturated rings. The zero-order valence-corrected chi connectivity index (χ0v) is 10.2. The number of esters is 1. The van der Waals surface area contributed by atoms with Crippen LogP contribution in [0.15, 0.2) is 30.3 Å². The van der Waals surface area contributed by atoms with E-state index in [1.54, 1.807) is 24.3 Å². The molecule has 0 aliphatic heterocycles. The number of methoxy groups -OCH3 is 1. The van der Waals surface area contributed by atoms with Crippen molar-refractivity contribution in [3.05, 3.63) is 40.9 Å². The van der Waals surface area contributed by atoms with Crippen LogP contribution in [0.3, 0.4) is 0 Å². The molecule has 1 amide bonds. The Labute approximate surface area is 104 Å². The highest BCUT2D eigenvalue weighted by molar-refractivity contribution is 6.30. The number of hydrogen-bond acceptors (Lipinski definition) is 3. The second kappa shape index (κ2) is 6.06. The summed E-state index contributed by atoms with van der Waals surface area (Å²) in [6.45, 7) is 1.36. The summed E-state index contributed by atoms with van der Waals surface area (Å²) < 4.78 is 4.51. The molecule has 0 spiro atoms. The Morgan fingerprint density at radius 2 is 1.88 bits per heavy atom. The standard InChI is InChI=1S/C12H12ClNO3/c1-8(15)14-11(7-12(16)17-2)9-3-5-10(13)6-4-9/h3-7H,1-2H3,(H,14,15)/b11-7+. The van der Waals surface area contributed by atoms with Gasteiger partial charge in [-0.3, -0.25) is 4.79 Å². The van der Waals surface area contributed by atoms with Gasteiger partial charge in [0, 0.05) is 18.0 Å². The molecule has 1 aromatic carbocycles. The second-order valence-corrected chi connectivity index (χ2v) is 3.71. The van der Waals surface area contributed by atoms with Crippen molar-refractivity contribution in [3.63, 3.8) is 0 Å². The molecule has 5 heteroatoms. The van der Waals surface area contributed by atoms with E-state index in [1.165, 1.54) is 20.1 Å². The van der Waals surface area contributed by atoms with Crippen LogP contribution < -0.4 is 5.32 Å². The predicted molar refractivity (Wildman–Crippen MR) is 65.3 cm³/mol. The van der Waals surface area contributed by atoms with E-state index in [0.29, 0.717) is 16.3 Å². The number of ether oxygens (including phenoxy) is 1. The van der Waals surface area contributed by atoms with Crippen LogP contribution in [0.5, 0.6) is 0 Å². The molecule has 0 radical (unpaired) electrons. The van der Waals surface area contributed by atoms with Crippen molar-refractivity contribution in [1.29, 1.82) is 0 Å². The van der Waals surface area contributed by atoms with Crippen LogP contribution in [-0.4, -0.2) is 19.0 Å². The Morgan fingerprint density at radius 3 is 2.35 bits per heavy atom. The van der Waals surface area contributed by atoms with Crippen molar-refractivity contribution in [1.82, 2.24) is 5.32 Å². The number of carbonyl (C=O) groups is 2. The van der Waals surface area contributed by atoms with Crippen molar-refractivity contribution in [2.45, 2.75) is 6.92 Å². The van der Waals surface area contributed by atoms with Crippen LogP contribution in [0.4, 0.5) is 0 Å². The Morgan fingerprint density at radius 1 is 1.29 bits per heavy atom. The van der Waals surface area contributed by atoms with Gasteiger partial charge in [0.25, 0.3) is 0 Å². The molecule has 0 bridgehead atoms. The molecule has 0 aliphatic carbocycles. The zero-order chi connectivity index (χ0) is 12.8. The predicted octanol–water partition coefficient (Wildman–Crippen LogP) is 1.99. The van der Waals surface area contributed by atoms with Gasteiger partial charge in [-0.15, -0.1) is 0 Å². The summed E-state index contributed by atoms with van der Waals surface area (Å²) in [4.78, 5) is 22.2. The van der Waals surface area contributed by atoms with Crippen molar-refractivity contribution >= 4 is 29.2 Å². The van der Waals surface area contributed by atoms with Gasteiger partial charge in [-0.1, -0.05) is 23.7 Å². The summed E-state index contributed by atoms with van der Waals surface area (Å²) in [5.41, 5.74) is 1.05. The van der Waals surface area contributed by atoms with Gasteiger partial charge in [0.05, 0.1) is 12.8 Å². The highest BCUT2D eigenvalue weighted by Gasteiger charge is 2.06. The van der Waals surface area contributed by atoms with Crippen molar-refractivity contribution in [2.75, 3.05) is 7.11 Å². The minimum absolute atomic E-state index is 0.268. The fourth-order valence-electron chi connectivity index (χ4n) is 1.19. The van der Waals surface area contributed by atoms with Crippen molar-refractivity contribution in [2.24, 2.45) is 0 Å². The lowest BCUT2D eigenvalue weighted by atomic mass is 10.1. The molecule has 17 heavy (non-hydrogen) atoms. The molecule has 1 aromatic rings. The molecular weight excluding hydrogens is 242 g/mol. The molecule has 90 valence electrons. The maximum absolute atomic E-state index is 11.2. The van der Waals surface area contributed by atoms with E-state index in [0.717, 1.165) is 0 Å². The smallest absolute Gasteiger partial charge is 0.332 e. The van der Waals surface area contributed by atoms with E-state index in [-0.39, 0.29) is 5.91 Å². The van der Waals surface area contributed by atoms with E-state index in [4.69, 9.17) is 11.6 Å². The first-order chi connectivity index (χ1) is 8.02. The SMILES string of the molecule is COC(=O)/C=C(/NC(C)=O)c1ccc(Cl)cc1. The highest BCUT2D eigenvalue weighted by Crippen LogP contribution is 2.15. The number of carbonyl (C=O) groups excluding carboxylic acids is 2. The van der Waals surface area contributed by atoms with Crippen LogP contribution in [0.25, 0.3) is 5.70 Å². The van der Waals surface area contributed by atoms with Gasteiger partial charge in [0.1, 0.15) is 0 Å². The molecule has 0 atom stereocenters. The van der Waals surface area contributed by atoms with E-state index in [2.05, 4.69) is 10.1 Å². The summed E-state index contributed by atoms with van der Waals surface area (Å²) in [5.74, 6) is -0.807. The van der Waals surface area contributed by atoms with Crippen LogP contribution in [0.2, 0.25) is 5.02 Å². The molecule has 1 N–H and O–H groups in total. The van der Waals surface area contributed by atoms with Gasteiger partial charge in [0.15, 0.2) is 0 Å². The maximum atomic E-state index is 11.2.